The van der Waals surface area contributed by atoms with E-state index in [1.54, 1.807) is 18.3 Å². The molecule has 6 heteroatoms. The van der Waals surface area contributed by atoms with Gasteiger partial charge in [-0.1, -0.05) is 44.2 Å². The lowest BCUT2D eigenvalue weighted by Crippen LogP contribution is -2.44. The maximum absolute atomic E-state index is 13.3. The average molecular weight is 358 g/mol. The van der Waals surface area contributed by atoms with Gasteiger partial charge in [0, 0.05) is 25.5 Å². The predicted molar refractivity (Wildman–Crippen MR) is 99.2 cm³/mol. The summed E-state index contributed by atoms with van der Waals surface area (Å²) >= 11 is 0. The number of benzene rings is 1. The molecule has 2 amide bonds. The Morgan fingerprint density at radius 2 is 1.81 bits per heavy atom. The maximum atomic E-state index is 13.3. The van der Waals surface area contributed by atoms with E-state index in [-0.39, 0.29) is 17.9 Å². The lowest BCUT2D eigenvalue weighted by Gasteiger charge is -2.24. The largest absolute Gasteiger partial charge is 0.336 e. The molecule has 1 fully saturated rings. The Bertz CT molecular complexity index is 705. The van der Waals surface area contributed by atoms with Crippen LogP contribution in [-0.4, -0.2) is 21.6 Å². The highest BCUT2D eigenvalue weighted by molar-refractivity contribution is 5.75. The number of imidazole rings is 1. The summed E-state index contributed by atoms with van der Waals surface area (Å²) in [5, 5.41) is 6.14. The van der Waals surface area contributed by atoms with Crippen LogP contribution < -0.4 is 10.6 Å². The van der Waals surface area contributed by atoms with Crippen LogP contribution in [0.3, 0.4) is 0 Å². The molecule has 1 aromatic heterocycles. The molecule has 5 nitrogen and oxygen atoms in total. The summed E-state index contributed by atoms with van der Waals surface area (Å²) in [6.45, 7) is 0. The molecule has 2 aromatic rings. The Kier molecular flexibility index (Phi) is 6.26. The summed E-state index contributed by atoms with van der Waals surface area (Å²) < 4.78 is 15.2. The number of halogens is 1. The molecule has 0 aliphatic heterocycles. The normalized spacial score (nSPS) is 17.2. The number of hydrogen-bond acceptors (Lipinski definition) is 2. The summed E-state index contributed by atoms with van der Waals surface area (Å²) in [5.41, 5.74) is 0.800. The van der Waals surface area contributed by atoms with E-state index in [0.717, 1.165) is 31.2 Å². The number of aromatic nitrogens is 2. The van der Waals surface area contributed by atoms with Crippen LogP contribution in [0.25, 0.3) is 0 Å². The van der Waals surface area contributed by atoms with Crippen molar-refractivity contribution >= 4 is 6.03 Å². The Labute approximate surface area is 154 Å². The lowest BCUT2D eigenvalue weighted by atomic mass is 9.97. The molecule has 2 N–H and O–H groups in total. The summed E-state index contributed by atoms with van der Waals surface area (Å²) in [6.07, 6.45) is 11.7. The summed E-state index contributed by atoms with van der Waals surface area (Å²) in [4.78, 5) is 17.0. The van der Waals surface area contributed by atoms with Gasteiger partial charge in [-0.25, -0.2) is 14.2 Å². The van der Waals surface area contributed by atoms with Crippen molar-refractivity contribution in [2.75, 3.05) is 0 Å². The third kappa shape index (κ3) is 4.84. The van der Waals surface area contributed by atoms with Gasteiger partial charge in [-0.15, -0.1) is 0 Å². The van der Waals surface area contributed by atoms with E-state index in [2.05, 4.69) is 15.6 Å². The van der Waals surface area contributed by atoms with Gasteiger partial charge >= 0.3 is 6.03 Å². The first-order valence-corrected chi connectivity index (χ1v) is 9.43. The van der Waals surface area contributed by atoms with E-state index in [4.69, 9.17) is 0 Å². The third-order valence-electron chi connectivity index (χ3n) is 5.04. The van der Waals surface area contributed by atoms with Gasteiger partial charge in [0.2, 0.25) is 0 Å². The van der Waals surface area contributed by atoms with Crippen LogP contribution >= 0.6 is 0 Å². The topological polar surface area (TPSA) is 59.0 Å². The highest BCUT2D eigenvalue weighted by atomic mass is 19.1. The number of nitrogens with one attached hydrogen (secondary N) is 2. The van der Waals surface area contributed by atoms with Crippen molar-refractivity contribution in [1.29, 1.82) is 0 Å². The number of amides is 2. The smallest absolute Gasteiger partial charge is 0.315 e. The SMILES string of the molecule is Cn1ccnc1[C@H](NC(=O)NC1CCCCCCC1)c1ccc(F)cc1. The molecule has 26 heavy (non-hydrogen) atoms. The fourth-order valence-corrected chi connectivity index (χ4v) is 3.57. The molecular formula is C20H27FN4O. The van der Waals surface area contributed by atoms with Crippen LogP contribution in [0.5, 0.6) is 0 Å². The second kappa shape index (κ2) is 8.83. The minimum absolute atomic E-state index is 0.201. The van der Waals surface area contributed by atoms with E-state index in [9.17, 15) is 9.18 Å². The molecule has 0 saturated heterocycles. The molecule has 1 saturated carbocycles. The molecule has 0 spiro atoms. The lowest BCUT2D eigenvalue weighted by molar-refractivity contribution is 0.231. The number of carbonyl (C=O) groups is 1. The second-order valence-electron chi connectivity index (χ2n) is 7.04. The van der Waals surface area contributed by atoms with Crippen LogP contribution in [0.15, 0.2) is 36.7 Å². The van der Waals surface area contributed by atoms with Gasteiger partial charge in [0.1, 0.15) is 17.7 Å². The summed E-state index contributed by atoms with van der Waals surface area (Å²) in [6, 6.07) is 5.76. The first-order chi connectivity index (χ1) is 12.6. The monoisotopic (exact) mass is 358 g/mol. The van der Waals surface area contributed by atoms with Gasteiger partial charge < -0.3 is 15.2 Å². The minimum atomic E-state index is -0.427. The molecule has 0 unspecified atom stereocenters. The van der Waals surface area contributed by atoms with Crippen molar-refractivity contribution in [3.8, 4) is 0 Å². The van der Waals surface area contributed by atoms with Crippen LogP contribution in [0.4, 0.5) is 9.18 Å². The molecule has 0 bridgehead atoms. The molecule has 140 valence electrons. The third-order valence-corrected chi connectivity index (χ3v) is 5.04. The Balaban J connectivity index is 1.71. The van der Waals surface area contributed by atoms with Crippen LogP contribution in [0.1, 0.15) is 62.4 Å². The zero-order chi connectivity index (χ0) is 18.4. The van der Waals surface area contributed by atoms with E-state index >= 15 is 0 Å². The number of hydrogen-bond donors (Lipinski definition) is 2. The van der Waals surface area contributed by atoms with Gasteiger partial charge in [-0.3, -0.25) is 0 Å². The first kappa shape index (κ1) is 18.4. The molecule has 1 aliphatic carbocycles. The van der Waals surface area contributed by atoms with Crippen LogP contribution in [0.2, 0.25) is 0 Å². The zero-order valence-electron chi connectivity index (χ0n) is 15.2. The molecule has 1 aliphatic rings. The molecule has 3 rings (SSSR count). The summed E-state index contributed by atoms with van der Waals surface area (Å²) in [7, 11) is 1.88. The first-order valence-electron chi connectivity index (χ1n) is 9.43. The highest BCUT2D eigenvalue weighted by Gasteiger charge is 2.22. The van der Waals surface area contributed by atoms with E-state index in [1.807, 2.05) is 17.8 Å². The van der Waals surface area contributed by atoms with Gasteiger partial charge in [0.15, 0.2) is 0 Å². The Morgan fingerprint density at radius 3 is 2.42 bits per heavy atom. The van der Waals surface area contributed by atoms with Crippen LogP contribution in [0, 0.1) is 5.82 Å². The fourth-order valence-electron chi connectivity index (χ4n) is 3.57. The zero-order valence-corrected chi connectivity index (χ0v) is 15.2. The molecule has 1 atom stereocenters. The number of nitrogens with zero attached hydrogens (tertiary/aromatic N) is 2. The van der Waals surface area contributed by atoms with Crippen molar-refractivity contribution in [2.24, 2.45) is 7.05 Å². The Hall–Kier alpha value is -2.37. The van der Waals surface area contributed by atoms with Gasteiger partial charge in [-0.2, -0.15) is 0 Å². The van der Waals surface area contributed by atoms with Crippen LogP contribution in [-0.2, 0) is 7.05 Å². The van der Waals surface area contributed by atoms with E-state index in [1.165, 1.54) is 31.4 Å². The molecule has 0 radical (unpaired) electrons. The van der Waals surface area contributed by atoms with Crippen molar-refractivity contribution in [1.82, 2.24) is 20.2 Å². The fraction of sp³-hybridized carbons (Fsp3) is 0.500. The predicted octanol–water partition coefficient (Wildman–Crippen LogP) is 4.06. The minimum Gasteiger partial charge on any atom is -0.336 e. The van der Waals surface area contributed by atoms with E-state index < -0.39 is 6.04 Å². The second-order valence-corrected chi connectivity index (χ2v) is 7.04. The molecular weight excluding hydrogens is 331 g/mol. The number of urea groups is 1. The number of aryl methyl sites for hydroxylation is 1. The van der Waals surface area contributed by atoms with Crippen molar-refractivity contribution in [2.45, 2.75) is 57.0 Å². The van der Waals surface area contributed by atoms with Crippen molar-refractivity contribution < 1.29 is 9.18 Å². The van der Waals surface area contributed by atoms with Crippen molar-refractivity contribution in [3.05, 3.63) is 53.9 Å². The quantitative estimate of drug-likeness (QED) is 0.866. The summed E-state index contributed by atoms with van der Waals surface area (Å²) in [5.74, 6) is 0.413. The Morgan fingerprint density at radius 1 is 1.15 bits per heavy atom. The van der Waals surface area contributed by atoms with Gasteiger partial charge in [0.25, 0.3) is 0 Å². The van der Waals surface area contributed by atoms with Gasteiger partial charge in [0.05, 0.1) is 0 Å². The standard InChI is InChI=1S/C20H27FN4O/c1-25-14-13-22-19(25)18(15-9-11-16(21)12-10-15)24-20(26)23-17-7-5-3-2-4-6-8-17/h9-14,17-18H,2-8H2,1H3,(H2,23,24,26)/t18-/m1/s1. The molecule has 1 heterocycles. The number of carbonyl (C=O) groups excluding carboxylic acids is 1. The molecule has 1 aromatic carbocycles. The maximum Gasteiger partial charge on any atom is 0.315 e. The average Bonchev–Trinajstić information content (AvgIpc) is 3.02. The van der Waals surface area contributed by atoms with Crippen molar-refractivity contribution in [3.63, 3.8) is 0 Å². The highest BCUT2D eigenvalue weighted by Crippen LogP contribution is 2.21. The number of rotatable bonds is 4. The van der Waals surface area contributed by atoms with Gasteiger partial charge in [-0.05, 0) is 30.5 Å². The van der Waals surface area contributed by atoms with E-state index in [0.29, 0.717) is 5.82 Å².